The molecule has 0 saturated heterocycles. The number of ether oxygens (including phenoxy) is 1. The first-order valence-electron chi connectivity index (χ1n) is 11.7. The van der Waals surface area contributed by atoms with E-state index >= 15 is 0 Å². The average Bonchev–Trinajstić information content (AvgIpc) is 2.99. The van der Waals surface area contributed by atoms with E-state index in [9.17, 15) is 9.59 Å². The van der Waals surface area contributed by atoms with Crippen LogP contribution in [0.15, 0.2) is 11.6 Å². The summed E-state index contributed by atoms with van der Waals surface area (Å²) in [4.78, 5) is 23.4. The Bertz CT molecular complexity index is 570. The number of hydrogen-bond donors (Lipinski definition) is 1. The lowest BCUT2D eigenvalue weighted by Crippen LogP contribution is -2.26. The fourth-order valence-corrected chi connectivity index (χ4v) is 3.70. The van der Waals surface area contributed by atoms with Crippen LogP contribution in [0, 0.1) is 17.8 Å². The van der Waals surface area contributed by atoms with Crippen molar-refractivity contribution in [3.05, 3.63) is 11.6 Å². The van der Waals surface area contributed by atoms with Crippen LogP contribution in [0.5, 0.6) is 0 Å². The zero-order valence-corrected chi connectivity index (χ0v) is 18.6. The molecule has 0 spiro atoms. The van der Waals surface area contributed by atoms with E-state index in [1.807, 2.05) is 0 Å². The Labute approximate surface area is 178 Å². The topological polar surface area (TPSA) is 69.4 Å². The van der Waals surface area contributed by atoms with Crippen molar-refractivity contribution in [3.63, 3.8) is 0 Å². The molecule has 0 unspecified atom stereocenters. The summed E-state index contributed by atoms with van der Waals surface area (Å²) in [6.07, 6.45) is 15.7. The van der Waals surface area contributed by atoms with Gasteiger partial charge in [0, 0.05) is 25.0 Å². The Morgan fingerprint density at radius 2 is 1.69 bits per heavy atom. The van der Waals surface area contributed by atoms with E-state index in [1.54, 1.807) is 6.08 Å². The van der Waals surface area contributed by atoms with Crippen LogP contribution in [0.4, 0.5) is 0 Å². The lowest BCUT2D eigenvalue weighted by molar-refractivity contribution is -0.121. The number of carbonyl (C=O) groups excluding carboxylic acids is 2. The summed E-state index contributed by atoms with van der Waals surface area (Å²) < 4.78 is 6.15. The predicted molar refractivity (Wildman–Crippen MR) is 119 cm³/mol. The first kappa shape index (κ1) is 25.4. The summed E-state index contributed by atoms with van der Waals surface area (Å²) in [5.41, 5.74) is 6.04. The van der Waals surface area contributed by atoms with Gasteiger partial charge in [-0.15, -0.1) is 0 Å². The minimum atomic E-state index is -0.251. The van der Waals surface area contributed by atoms with Gasteiger partial charge in [0.1, 0.15) is 6.10 Å². The third kappa shape index (κ3) is 11.2. The minimum Gasteiger partial charge on any atom is -0.372 e. The molecule has 0 aliphatic heterocycles. The van der Waals surface area contributed by atoms with E-state index in [4.69, 9.17) is 10.5 Å². The summed E-state index contributed by atoms with van der Waals surface area (Å²) in [5.74, 6) is 6.34. The van der Waals surface area contributed by atoms with E-state index in [1.165, 1.54) is 38.5 Å². The van der Waals surface area contributed by atoms with E-state index in [0.717, 1.165) is 50.5 Å². The number of nitrogens with two attached hydrogens (primary N) is 1. The van der Waals surface area contributed by atoms with Crippen LogP contribution in [0.1, 0.15) is 104 Å². The van der Waals surface area contributed by atoms with E-state index in [0.29, 0.717) is 13.0 Å². The molecule has 4 heteroatoms. The molecule has 164 valence electrons. The molecule has 29 heavy (non-hydrogen) atoms. The SMILES string of the molecule is CCCCCCC#CC1=CC(=O)[C@H](CCCCCC)[C@H]1OCCCCCC(N)=O. The summed E-state index contributed by atoms with van der Waals surface area (Å²) in [6, 6.07) is 0. The lowest BCUT2D eigenvalue weighted by atomic mass is 9.94. The first-order valence-corrected chi connectivity index (χ1v) is 11.7. The molecular formula is C25H41NO3. The second-order valence-corrected chi connectivity index (χ2v) is 8.14. The quantitative estimate of drug-likeness (QED) is 0.274. The molecule has 1 amide bonds. The number of hydrogen-bond acceptors (Lipinski definition) is 3. The number of carbonyl (C=O) groups is 2. The molecule has 0 aromatic heterocycles. The highest BCUT2D eigenvalue weighted by molar-refractivity contribution is 5.97. The van der Waals surface area contributed by atoms with Crippen LogP contribution in [0.2, 0.25) is 0 Å². The number of unbranched alkanes of at least 4 members (excludes halogenated alkanes) is 9. The van der Waals surface area contributed by atoms with Gasteiger partial charge in [-0.1, -0.05) is 77.1 Å². The molecule has 0 aromatic rings. The number of ketones is 1. The second-order valence-electron chi connectivity index (χ2n) is 8.14. The van der Waals surface area contributed by atoms with E-state index < -0.39 is 0 Å². The zero-order chi connectivity index (χ0) is 21.3. The predicted octanol–water partition coefficient (Wildman–Crippen LogP) is 5.49. The van der Waals surface area contributed by atoms with Gasteiger partial charge in [-0.2, -0.15) is 0 Å². The molecule has 1 rings (SSSR count). The van der Waals surface area contributed by atoms with Crippen molar-refractivity contribution in [1.82, 2.24) is 0 Å². The molecule has 0 radical (unpaired) electrons. The van der Waals surface area contributed by atoms with Gasteiger partial charge in [-0.25, -0.2) is 0 Å². The van der Waals surface area contributed by atoms with Crippen molar-refractivity contribution in [2.24, 2.45) is 11.7 Å². The standard InChI is InChI=1S/C25H41NO3/c1-3-5-7-9-10-12-16-21-20-23(27)22(17-13-8-6-4-2)25(21)29-19-15-11-14-18-24(26)28/h20,22,25H,3-11,13-15,17-19H2,1-2H3,(H2,26,28)/t22-,25-/m0/s1. The lowest BCUT2D eigenvalue weighted by Gasteiger charge is -2.21. The number of allylic oxidation sites excluding steroid dienone is 1. The van der Waals surface area contributed by atoms with Crippen LogP contribution < -0.4 is 5.73 Å². The molecule has 1 aliphatic carbocycles. The molecular weight excluding hydrogens is 362 g/mol. The van der Waals surface area contributed by atoms with Crippen LogP contribution in [-0.2, 0) is 14.3 Å². The second kappa shape index (κ2) is 16.2. The highest BCUT2D eigenvalue weighted by Crippen LogP contribution is 2.30. The summed E-state index contributed by atoms with van der Waals surface area (Å²) in [6.45, 7) is 5.00. The molecule has 0 fully saturated rings. The largest absolute Gasteiger partial charge is 0.372 e. The van der Waals surface area contributed by atoms with Gasteiger partial charge in [0.15, 0.2) is 5.78 Å². The number of primary amides is 1. The maximum atomic E-state index is 12.6. The molecule has 0 bridgehead atoms. The van der Waals surface area contributed by atoms with E-state index in [2.05, 4.69) is 25.7 Å². The zero-order valence-electron chi connectivity index (χ0n) is 18.6. The van der Waals surface area contributed by atoms with Gasteiger partial charge >= 0.3 is 0 Å². The van der Waals surface area contributed by atoms with Crippen molar-refractivity contribution in [3.8, 4) is 11.8 Å². The van der Waals surface area contributed by atoms with Gasteiger partial charge in [-0.3, -0.25) is 9.59 Å². The van der Waals surface area contributed by atoms with Gasteiger partial charge in [0.2, 0.25) is 5.91 Å². The molecule has 2 N–H and O–H groups in total. The summed E-state index contributed by atoms with van der Waals surface area (Å²) >= 11 is 0. The van der Waals surface area contributed by atoms with Crippen molar-refractivity contribution in [1.29, 1.82) is 0 Å². The highest BCUT2D eigenvalue weighted by Gasteiger charge is 2.35. The van der Waals surface area contributed by atoms with Gasteiger partial charge in [0.05, 0.1) is 5.92 Å². The molecule has 2 atom stereocenters. The van der Waals surface area contributed by atoms with Crippen molar-refractivity contribution >= 4 is 11.7 Å². The summed E-state index contributed by atoms with van der Waals surface area (Å²) in [5, 5.41) is 0. The number of amides is 1. The molecule has 1 aliphatic rings. The monoisotopic (exact) mass is 403 g/mol. The molecule has 0 saturated carbocycles. The first-order chi connectivity index (χ1) is 14.1. The Morgan fingerprint density at radius 1 is 1.00 bits per heavy atom. The third-order valence-electron chi connectivity index (χ3n) is 5.46. The Hall–Kier alpha value is -1.60. The Morgan fingerprint density at radius 3 is 2.38 bits per heavy atom. The van der Waals surface area contributed by atoms with Crippen molar-refractivity contribution in [2.75, 3.05) is 6.61 Å². The fourth-order valence-electron chi connectivity index (χ4n) is 3.70. The number of rotatable bonds is 16. The molecule has 0 aromatic carbocycles. The third-order valence-corrected chi connectivity index (χ3v) is 5.46. The van der Waals surface area contributed by atoms with Gasteiger partial charge in [-0.05, 0) is 31.8 Å². The Kier molecular flexibility index (Phi) is 14.2. The van der Waals surface area contributed by atoms with Crippen LogP contribution in [0.25, 0.3) is 0 Å². The minimum absolute atomic E-state index is 0.0816. The van der Waals surface area contributed by atoms with Crippen molar-refractivity contribution < 1.29 is 14.3 Å². The Balaban J connectivity index is 2.55. The molecule has 0 heterocycles. The van der Waals surface area contributed by atoms with E-state index in [-0.39, 0.29) is 23.7 Å². The van der Waals surface area contributed by atoms with Gasteiger partial charge in [0.25, 0.3) is 0 Å². The van der Waals surface area contributed by atoms with Crippen molar-refractivity contribution in [2.45, 2.75) is 110 Å². The fraction of sp³-hybridized carbons (Fsp3) is 0.760. The summed E-state index contributed by atoms with van der Waals surface area (Å²) in [7, 11) is 0. The molecule has 4 nitrogen and oxygen atoms in total. The average molecular weight is 404 g/mol. The highest BCUT2D eigenvalue weighted by atomic mass is 16.5. The maximum absolute atomic E-state index is 12.6. The van der Waals surface area contributed by atoms with Gasteiger partial charge < -0.3 is 10.5 Å². The van der Waals surface area contributed by atoms with Crippen LogP contribution in [-0.4, -0.2) is 24.4 Å². The van der Waals surface area contributed by atoms with Crippen LogP contribution >= 0.6 is 0 Å². The van der Waals surface area contributed by atoms with Crippen LogP contribution in [0.3, 0.4) is 0 Å². The smallest absolute Gasteiger partial charge is 0.217 e. The normalized spacial score (nSPS) is 18.4. The maximum Gasteiger partial charge on any atom is 0.217 e.